The first-order valence-corrected chi connectivity index (χ1v) is 7.61. The van der Waals surface area contributed by atoms with Crippen molar-refractivity contribution >= 4 is 5.91 Å². The van der Waals surface area contributed by atoms with Crippen LogP contribution in [-0.4, -0.2) is 15.7 Å². The lowest BCUT2D eigenvalue weighted by atomic mass is 10.1. The van der Waals surface area contributed by atoms with E-state index in [-0.39, 0.29) is 5.91 Å². The van der Waals surface area contributed by atoms with Gasteiger partial charge in [-0.05, 0) is 36.2 Å². The second-order valence-corrected chi connectivity index (χ2v) is 5.52. The molecule has 0 spiro atoms. The lowest BCUT2D eigenvalue weighted by molar-refractivity contribution is 0.0950. The van der Waals surface area contributed by atoms with Crippen molar-refractivity contribution in [1.29, 1.82) is 0 Å². The molecule has 4 heteroatoms. The number of benzene rings is 2. The number of aryl methyl sites for hydroxylation is 1. The average molecular weight is 305 g/mol. The Bertz CT molecular complexity index is 794. The summed E-state index contributed by atoms with van der Waals surface area (Å²) in [5.41, 5.74) is 4.02. The number of rotatable bonds is 5. The highest BCUT2D eigenvalue weighted by Crippen LogP contribution is 2.11. The molecule has 0 radical (unpaired) electrons. The first kappa shape index (κ1) is 15.0. The highest BCUT2D eigenvalue weighted by molar-refractivity contribution is 5.94. The number of aromatic nitrogens is 2. The monoisotopic (exact) mass is 305 g/mol. The highest BCUT2D eigenvalue weighted by atomic mass is 16.1. The Kier molecular flexibility index (Phi) is 4.52. The summed E-state index contributed by atoms with van der Waals surface area (Å²) < 4.78 is 1.88. The van der Waals surface area contributed by atoms with Gasteiger partial charge in [0.15, 0.2) is 0 Å². The van der Waals surface area contributed by atoms with Crippen molar-refractivity contribution in [2.75, 3.05) is 0 Å². The smallest absolute Gasteiger partial charge is 0.251 e. The molecule has 1 aromatic heterocycles. The van der Waals surface area contributed by atoms with Gasteiger partial charge in [-0.1, -0.05) is 42.0 Å². The maximum atomic E-state index is 12.3. The zero-order valence-electron chi connectivity index (χ0n) is 13.1. The summed E-state index contributed by atoms with van der Waals surface area (Å²) >= 11 is 0. The normalized spacial score (nSPS) is 10.5. The Morgan fingerprint density at radius 1 is 1.09 bits per heavy atom. The van der Waals surface area contributed by atoms with Gasteiger partial charge in [0.1, 0.15) is 0 Å². The third-order valence-corrected chi connectivity index (χ3v) is 3.73. The molecular weight excluding hydrogens is 286 g/mol. The van der Waals surface area contributed by atoms with Crippen LogP contribution in [0.5, 0.6) is 0 Å². The van der Waals surface area contributed by atoms with Crippen LogP contribution in [0.3, 0.4) is 0 Å². The van der Waals surface area contributed by atoms with Crippen LogP contribution in [0.1, 0.15) is 27.0 Å². The van der Waals surface area contributed by atoms with Crippen LogP contribution in [0.4, 0.5) is 0 Å². The molecule has 0 bridgehead atoms. The number of carbonyl (C=O) groups excluding carboxylic acids is 1. The Balaban J connectivity index is 1.69. The minimum Gasteiger partial charge on any atom is -0.348 e. The van der Waals surface area contributed by atoms with E-state index in [9.17, 15) is 4.79 Å². The second kappa shape index (κ2) is 6.92. The third-order valence-electron chi connectivity index (χ3n) is 3.73. The minimum absolute atomic E-state index is 0.0532. The number of hydrogen-bond donors (Lipinski definition) is 1. The van der Waals surface area contributed by atoms with Gasteiger partial charge in [-0.2, -0.15) is 5.10 Å². The Morgan fingerprint density at radius 2 is 1.91 bits per heavy atom. The van der Waals surface area contributed by atoms with Crippen molar-refractivity contribution < 1.29 is 4.79 Å². The minimum atomic E-state index is -0.0532. The zero-order valence-corrected chi connectivity index (χ0v) is 13.1. The van der Waals surface area contributed by atoms with E-state index in [1.807, 2.05) is 66.3 Å². The predicted octanol–water partition coefficient (Wildman–Crippen LogP) is 3.17. The number of carbonyl (C=O) groups is 1. The summed E-state index contributed by atoms with van der Waals surface area (Å²) in [7, 11) is 0. The van der Waals surface area contributed by atoms with Gasteiger partial charge in [0.05, 0.1) is 6.54 Å². The summed E-state index contributed by atoms with van der Waals surface area (Å²) in [5, 5.41) is 7.23. The fourth-order valence-corrected chi connectivity index (χ4v) is 2.52. The summed E-state index contributed by atoms with van der Waals surface area (Å²) in [4.78, 5) is 12.3. The van der Waals surface area contributed by atoms with E-state index in [4.69, 9.17) is 0 Å². The van der Waals surface area contributed by atoms with Gasteiger partial charge < -0.3 is 5.32 Å². The lowest BCUT2D eigenvalue weighted by Crippen LogP contribution is -2.23. The van der Waals surface area contributed by atoms with E-state index in [0.29, 0.717) is 18.7 Å². The van der Waals surface area contributed by atoms with Crippen molar-refractivity contribution in [1.82, 2.24) is 15.1 Å². The van der Waals surface area contributed by atoms with Gasteiger partial charge in [-0.25, -0.2) is 0 Å². The largest absolute Gasteiger partial charge is 0.348 e. The number of amides is 1. The van der Waals surface area contributed by atoms with E-state index < -0.39 is 0 Å². The van der Waals surface area contributed by atoms with Gasteiger partial charge in [0, 0.05) is 24.5 Å². The molecule has 0 atom stereocenters. The topological polar surface area (TPSA) is 46.9 Å². The van der Waals surface area contributed by atoms with E-state index in [1.165, 1.54) is 0 Å². The van der Waals surface area contributed by atoms with Crippen LogP contribution in [0.25, 0.3) is 0 Å². The number of nitrogens with zero attached hydrogens (tertiary/aromatic N) is 2. The van der Waals surface area contributed by atoms with Gasteiger partial charge in [-0.3, -0.25) is 9.48 Å². The summed E-state index contributed by atoms with van der Waals surface area (Å²) in [6.45, 7) is 3.18. The lowest BCUT2D eigenvalue weighted by Gasteiger charge is -2.11. The molecular formula is C19H19N3O. The van der Waals surface area contributed by atoms with Gasteiger partial charge in [-0.15, -0.1) is 0 Å². The fraction of sp³-hybridized carbons (Fsp3) is 0.158. The van der Waals surface area contributed by atoms with Gasteiger partial charge >= 0.3 is 0 Å². The van der Waals surface area contributed by atoms with Gasteiger partial charge in [0.2, 0.25) is 0 Å². The maximum absolute atomic E-state index is 12.3. The summed E-state index contributed by atoms with van der Waals surface area (Å²) in [6, 6.07) is 17.6. The van der Waals surface area contributed by atoms with E-state index >= 15 is 0 Å². The molecule has 0 aliphatic carbocycles. The van der Waals surface area contributed by atoms with Crippen molar-refractivity contribution in [3.8, 4) is 0 Å². The molecule has 1 N–H and O–H groups in total. The Labute approximate surface area is 135 Å². The van der Waals surface area contributed by atoms with Crippen molar-refractivity contribution in [2.45, 2.75) is 20.0 Å². The van der Waals surface area contributed by atoms with Crippen molar-refractivity contribution in [2.24, 2.45) is 0 Å². The molecule has 0 unspecified atom stereocenters. The van der Waals surface area contributed by atoms with E-state index in [0.717, 1.165) is 16.7 Å². The maximum Gasteiger partial charge on any atom is 0.251 e. The predicted molar refractivity (Wildman–Crippen MR) is 90.1 cm³/mol. The first-order valence-electron chi connectivity index (χ1n) is 7.61. The quantitative estimate of drug-likeness (QED) is 0.787. The fourth-order valence-electron chi connectivity index (χ4n) is 2.52. The summed E-state index contributed by atoms with van der Waals surface area (Å²) in [5.74, 6) is -0.0532. The average Bonchev–Trinajstić information content (AvgIpc) is 3.07. The summed E-state index contributed by atoms with van der Waals surface area (Å²) in [6.07, 6.45) is 3.70. The molecule has 1 heterocycles. The van der Waals surface area contributed by atoms with Crippen LogP contribution in [0.15, 0.2) is 67.0 Å². The van der Waals surface area contributed by atoms with Crippen LogP contribution < -0.4 is 5.32 Å². The van der Waals surface area contributed by atoms with E-state index in [2.05, 4.69) is 16.5 Å². The van der Waals surface area contributed by atoms with Crippen LogP contribution in [0, 0.1) is 6.92 Å². The molecule has 2 aromatic carbocycles. The number of hydrogen-bond acceptors (Lipinski definition) is 2. The molecule has 3 aromatic rings. The molecule has 1 amide bonds. The molecule has 3 rings (SSSR count). The molecule has 23 heavy (non-hydrogen) atoms. The molecule has 0 saturated carbocycles. The molecule has 4 nitrogen and oxygen atoms in total. The zero-order chi connectivity index (χ0) is 16.1. The van der Waals surface area contributed by atoms with Crippen LogP contribution in [-0.2, 0) is 13.1 Å². The molecule has 0 aliphatic heterocycles. The molecule has 0 fully saturated rings. The van der Waals surface area contributed by atoms with Crippen molar-refractivity contribution in [3.05, 3.63) is 89.2 Å². The third kappa shape index (κ3) is 3.86. The number of nitrogens with one attached hydrogen (secondary N) is 1. The van der Waals surface area contributed by atoms with E-state index in [1.54, 1.807) is 6.20 Å². The van der Waals surface area contributed by atoms with Crippen LogP contribution >= 0.6 is 0 Å². The van der Waals surface area contributed by atoms with Gasteiger partial charge in [0.25, 0.3) is 5.91 Å². The highest BCUT2D eigenvalue weighted by Gasteiger charge is 2.07. The molecule has 0 saturated heterocycles. The molecule has 0 aliphatic rings. The Morgan fingerprint density at radius 3 is 2.65 bits per heavy atom. The first-order chi connectivity index (χ1) is 11.2. The van der Waals surface area contributed by atoms with Crippen molar-refractivity contribution in [3.63, 3.8) is 0 Å². The second-order valence-electron chi connectivity index (χ2n) is 5.52. The standard InChI is InChI=1S/C19H19N3O/c1-15-6-4-9-16(12-15)19(23)20-13-17-7-2-3-8-18(17)14-22-11-5-10-21-22/h2-12H,13-14H2,1H3,(H,20,23). The Hall–Kier alpha value is -2.88. The SMILES string of the molecule is Cc1cccc(C(=O)NCc2ccccc2Cn2cccn2)c1. The van der Waals surface area contributed by atoms with Crippen LogP contribution in [0.2, 0.25) is 0 Å². The molecule has 116 valence electrons.